The van der Waals surface area contributed by atoms with Gasteiger partial charge >= 0.3 is 5.97 Å². The molecular weight excluding hydrogens is 340 g/mol. The van der Waals surface area contributed by atoms with Crippen molar-refractivity contribution < 1.29 is 14.0 Å². The summed E-state index contributed by atoms with van der Waals surface area (Å²) in [4.78, 5) is 11.7. The highest BCUT2D eigenvalue weighted by molar-refractivity contribution is 6.99. The lowest BCUT2D eigenvalue weighted by Gasteiger charge is -2.43. The molecule has 2 aromatic rings. The zero-order chi connectivity index (χ0) is 18.6. The number of carbonyl (C=O) groups excluding carboxylic acids is 1. The van der Waals surface area contributed by atoms with Gasteiger partial charge in [-0.2, -0.15) is 0 Å². The summed E-state index contributed by atoms with van der Waals surface area (Å²) in [5.41, 5.74) is 0. The van der Waals surface area contributed by atoms with Gasteiger partial charge in [0.2, 0.25) is 0 Å². The highest BCUT2D eigenvalue weighted by Crippen LogP contribution is 2.37. The topological polar surface area (TPSA) is 35.5 Å². The molecule has 1 atom stereocenters. The van der Waals surface area contributed by atoms with Crippen LogP contribution in [0, 0.1) is 0 Å². The van der Waals surface area contributed by atoms with Gasteiger partial charge in [0.1, 0.15) is 6.10 Å². The first-order valence-electron chi connectivity index (χ1n) is 9.38. The first kappa shape index (κ1) is 18.9. The molecule has 1 aliphatic heterocycles. The van der Waals surface area contributed by atoms with Gasteiger partial charge in [-0.25, -0.2) is 0 Å². The van der Waals surface area contributed by atoms with Gasteiger partial charge in [0.15, 0.2) is 0 Å². The Morgan fingerprint density at radius 3 is 2.00 bits per heavy atom. The molecule has 1 heterocycles. The molecule has 0 aliphatic carbocycles. The van der Waals surface area contributed by atoms with E-state index in [4.69, 9.17) is 9.16 Å². The third-order valence-corrected chi connectivity index (χ3v) is 10.1. The number of hydrogen-bond acceptors (Lipinski definition) is 3. The molecule has 0 N–H and O–H groups in total. The van der Waals surface area contributed by atoms with Crippen molar-refractivity contribution in [1.29, 1.82) is 0 Å². The molecule has 0 radical (unpaired) electrons. The summed E-state index contributed by atoms with van der Waals surface area (Å²) in [6.07, 6.45) is 2.14. The monoisotopic (exact) mass is 368 g/mol. The molecule has 26 heavy (non-hydrogen) atoms. The van der Waals surface area contributed by atoms with Gasteiger partial charge in [0.05, 0.1) is 6.61 Å². The van der Waals surface area contributed by atoms with E-state index in [1.807, 2.05) is 12.1 Å². The van der Waals surface area contributed by atoms with E-state index in [-0.39, 0.29) is 17.1 Å². The summed E-state index contributed by atoms with van der Waals surface area (Å²) in [6, 6.07) is 21.1. The molecule has 1 saturated heterocycles. The summed E-state index contributed by atoms with van der Waals surface area (Å²) in [5.74, 6) is -0.104. The van der Waals surface area contributed by atoms with E-state index in [9.17, 15) is 4.79 Å². The third-order valence-electron chi connectivity index (χ3n) is 5.11. The zero-order valence-electron chi connectivity index (χ0n) is 15.9. The van der Waals surface area contributed by atoms with E-state index >= 15 is 0 Å². The van der Waals surface area contributed by atoms with Crippen LogP contribution in [0.4, 0.5) is 0 Å². The third kappa shape index (κ3) is 3.76. The van der Waals surface area contributed by atoms with E-state index in [0.717, 1.165) is 12.8 Å². The summed E-state index contributed by atoms with van der Waals surface area (Å²) in [7, 11) is -2.55. The van der Waals surface area contributed by atoms with E-state index in [1.54, 1.807) is 0 Å². The van der Waals surface area contributed by atoms with Gasteiger partial charge in [-0.3, -0.25) is 4.79 Å². The maximum Gasteiger partial charge on any atom is 0.306 e. The van der Waals surface area contributed by atoms with Crippen molar-refractivity contribution in [3.05, 3.63) is 60.7 Å². The van der Waals surface area contributed by atoms with Crippen LogP contribution < -0.4 is 10.4 Å². The largest absolute Gasteiger partial charge is 0.460 e. The molecule has 0 unspecified atom stereocenters. The Kier molecular flexibility index (Phi) is 5.63. The zero-order valence-corrected chi connectivity index (χ0v) is 16.9. The van der Waals surface area contributed by atoms with Crippen LogP contribution in [0.1, 0.15) is 40.0 Å². The van der Waals surface area contributed by atoms with Crippen molar-refractivity contribution in [2.45, 2.75) is 51.2 Å². The first-order valence-corrected chi connectivity index (χ1v) is 11.3. The fraction of sp³-hybridized carbons (Fsp3) is 0.409. The van der Waals surface area contributed by atoms with Gasteiger partial charge in [0.25, 0.3) is 8.32 Å². The highest BCUT2D eigenvalue weighted by atomic mass is 28.4. The van der Waals surface area contributed by atoms with Gasteiger partial charge in [-0.1, -0.05) is 81.4 Å². The Bertz CT molecular complexity index is 683. The van der Waals surface area contributed by atoms with Gasteiger partial charge in [-0.05, 0) is 28.3 Å². The summed E-state index contributed by atoms with van der Waals surface area (Å²) < 4.78 is 12.3. The molecule has 4 heteroatoms. The normalized spacial score (nSPS) is 18.4. The Balaban J connectivity index is 2.01. The average molecular weight is 369 g/mol. The fourth-order valence-corrected chi connectivity index (χ4v) is 8.47. The van der Waals surface area contributed by atoms with Crippen LogP contribution >= 0.6 is 0 Å². The summed E-state index contributed by atoms with van der Waals surface area (Å²) in [6.45, 7) is 7.23. The number of cyclic esters (lactones) is 1. The van der Waals surface area contributed by atoms with Crippen molar-refractivity contribution in [1.82, 2.24) is 0 Å². The maximum absolute atomic E-state index is 11.7. The van der Waals surface area contributed by atoms with Crippen LogP contribution in [-0.4, -0.2) is 27.0 Å². The van der Waals surface area contributed by atoms with Crippen molar-refractivity contribution >= 4 is 24.7 Å². The van der Waals surface area contributed by atoms with Gasteiger partial charge in [0, 0.05) is 6.42 Å². The lowest BCUT2D eigenvalue weighted by atomic mass is 10.1. The van der Waals surface area contributed by atoms with Gasteiger partial charge < -0.3 is 9.16 Å². The molecule has 3 rings (SSSR count). The highest BCUT2D eigenvalue weighted by Gasteiger charge is 2.50. The van der Waals surface area contributed by atoms with Crippen molar-refractivity contribution in [2.75, 3.05) is 6.61 Å². The van der Waals surface area contributed by atoms with Crippen LogP contribution in [0.3, 0.4) is 0 Å². The SMILES string of the molecule is CC(C)(C)[Si](OC[C@@H]1CCCC(=O)O1)(c1ccccc1)c1ccccc1. The molecule has 138 valence electrons. The van der Waals surface area contributed by atoms with Crippen molar-refractivity contribution in [3.8, 4) is 0 Å². The number of benzene rings is 2. The molecule has 0 spiro atoms. The minimum atomic E-state index is -2.55. The number of carbonyl (C=O) groups is 1. The molecule has 0 amide bonds. The Morgan fingerprint density at radius 2 is 1.54 bits per heavy atom. The molecule has 0 bridgehead atoms. The van der Waals surface area contributed by atoms with Crippen LogP contribution in [0.15, 0.2) is 60.7 Å². The molecule has 1 aliphatic rings. The lowest BCUT2D eigenvalue weighted by molar-refractivity contribution is -0.155. The average Bonchev–Trinajstić information content (AvgIpc) is 2.63. The molecule has 1 fully saturated rings. The smallest absolute Gasteiger partial charge is 0.306 e. The standard InChI is InChI=1S/C22H28O3Si/c1-22(2,3)26(19-12-6-4-7-13-19,20-14-8-5-9-15-20)24-17-18-11-10-16-21(23)25-18/h4-9,12-15,18H,10-11,16-17H2,1-3H3/t18-/m0/s1. The van der Waals surface area contributed by atoms with Crippen molar-refractivity contribution in [2.24, 2.45) is 0 Å². The second-order valence-corrected chi connectivity index (χ2v) is 12.3. The molecule has 3 nitrogen and oxygen atoms in total. The summed E-state index contributed by atoms with van der Waals surface area (Å²) in [5, 5.41) is 2.44. The molecule has 2 aromatic carbocycles. The van der Waals surface area contributed by atoms with E-state index < -0.39 is 8.32 Å². The quantitative estimate of drug-likeness (QED) is 0.597. The minimum Gasteiger partial charge on any atom is -0.460 e. The van der Waals surface area contributed by atoms with Crippen LogP contribution in [0.2, 0.25) is 5.04 Å². The summed E-state index contributed by atoms with van der Waals surface area (Å²) >= 11 is 0. The van der Waals surface area contributed by atoms with E-state index in [2.05, 4.69) is 69.3 Å². The van der Waals surface area contributed by atoms with Crippen molar-refractivity contribution in [3.63, 3.8) is 0 Å². The fourth-order valence-electron chi connectivity index (χ4n) is 3.87. The molecule has 0 saturated carbocycles. The van der Waals surface area contributed by atoms with Crippen LogP contribution in [0.5, 0.6) is 0 Å². The van der Waals surface area contributed by atoms with Crippen LogP contribution in [-0.2, 0) is 14.0 Å². The number of rotatable bonds is 5. The number of esters is 1. The second kappa shape index (κ2) is 7.76. The predicted octanol–water partition coefficient (Wildman–Crippen LogP) is 3.66. The Labute approximate surface area is 157 Å². The Hall–Kier alpha value is -1.91. The van der Waals surface area contributed by atoms with E-state index in [1.165, 1.54) is 10.4 Å². The molecule has 0 aromatic heterocycles. The number of ether oxygens (including phenoxy) is 1. The lowest BCUT2D eigenvalue weighted by Crippen LogP contribution is -2.67. The first-order chi connectivity index (χ1) is 12.4. The minimum absolute atomic E-state index is 0.0611. The maximum atomic E-state index is 11.7. The second-order valence-electron chi connectivity index (χ2n) is 7.98. The van der Waals surface area contributed by atoms with Crippen LogP contribution in [0.25, 0.3) is 0 Å². The predicted molar refractivity (Wildman–Crippen MR) is 107 cm³/mol. The Morgan fingerprint density at radius 1 is 1.00 bits per heavy atom. The van der Waals surface area contributed by atoms with Gasteiger partial charge in [-0.15, -0.1) is 0 Å². The number of hydrogen-bond donors (Lipinski definition) is 0. The van der Waals surface area contributed by atoms with E-state index in [0.29, 0.717) is 13.0 Å². The molecular formula is C22H28O3Si.